The highest BCUT2D eigenvalue weighted by Crippen LogP contribution is 2.32. The normalized spacial score (nSPS) is 10.9. The van der Waals surface area contributed by atoms with E-state index in [1.165, 1.54) is 25.3 Å². The van der Waals surface area contributed by atoms with Crippen molar-refractivity contribution < 1.29 is 20.1 Å². The number of azo groups is 1. The molecule has 20 heavy (non-hydrogen) atoms. The standard InChI is InChI=1S/C14H14N2O4/c1-20-11-3-5-12(9(6-11)8-17)15-16-13-4-2-10(18)7-14(13)19/h2-7,17-19H,8H2,1H3. The Morgan fingerprint density at radius 2 is 1.70 bits per heavy atom. The SMILES string of the molecule is COc1ccc(N=Nc2ccc(O)cc2O)c(CO)c1. The Kier molecular flexibility index (Phi) is 4.17. The number of aliphatic hydroxyl groups excluding tert-OH is 1. The number of nitrogens with zero attached hydrogens (tertiary/aromatic N) is 2. The van der Waals surface area contributed by atoms with Crippen molar-refractivity contribution >= 4 is 11.4 Å². The van der Waals surface area contributed by atoms with Gasteiger partial charge in [0.1, 0.15) is 22.9 Å². The third-order valence-electron chi connectivity index (χ3n) is 2.68. The number of aromatic hydroxyl groups is 2. The summed E-state index contributed by atoms with van der Waals surface area (Å²) in [6.07, 6.45) is 0. The largest absolute Gasteiger partial charge is 0.508 e. The fourth-order valence-corrected chi connectivity index (χ4v) is 1.62. The highest BCUT2D eigenvalue weighted by atomic mass is 16.5. The number of hydrogen-bond donors (Lipinski definition) is 3. The lowest BCUT2D eigenvalue weighted by Crippen LogP contribution is -1.87. The van der Waals surface area contributed by atoms with Gasteiger partial charge in [-0.15, -0.1) is 5.11 Å². The monoisotopic (exact) mass is 274 g/mol. The van der Waals surface area contributed by atoms with Crippen molar-refractivity contribution in [3.8, 4) is 17.2 Å². The highest BCUT2D eigenvalue weighted by Gasteiger charge is 2.04. The van der Waals surface area contributed by atoms with Gasteiger partial charge >= 0.3 is 0 Å². The first kappa shape index (κ1) is 13.8. The van der Waals surface area contributed by atoms with Crippen LogP contribution in [0.2, 0.25) is 0 Å². The maximum atomic E-state index is 9.59. The molecular formula is C14H14N2O4. The van der Waals surface area contributed by atoms with Gasteiger partial charge in [0, 0.05) is 11.6 Å². The van der Waals surface area contributed by atoms with Crippen molar-refractivity contribution in [1.82, 2.24) is 0 Å². The van der Waals surface area contributed by atoms with Crippen LogP contribution in [0.3, 0.4) is 0 Å². The van der Waals surface area contributed by atoms with E-state index in [0.717, 1.165) is 0 Å². The van der Waals surface area contributed by atoms with Gasteiger partial charge in [0.25, 0.3) is 0 Å². The topological polar surface area (TPSA) is 94.6 Å². The summed E-state index contributed by atoms with van der Waals surface area (Å²) in [7, 11) is 1.53. The van der Waals surface area contributed by atoms with Gasteiger partial charge in [-0.1, -0.05) is 0 Å². The minimum Gasteiger partial charge on any atom is -0.508 e. The van der Waals surface area contributed by atoms with Crippen molar-refractivity contribution in [3.63, 3.8) is 0 Å². The Labute approximate surface area is 115 Å². The van der Waals surface area contributed by atoms with Crippen LogP contribution in [0.25, 0.3) is 0 Å². The Bertz CT molecular complexity index is 641. The maximum Gasteiger partial charge on any atom is 0.146 e. The number of rotatable bonds is 4. The van der Waals surface area contributed by atoms with Crippen molar-refractivity contribution in [1.29, 1.82) is 0 Å². The molecular weight excluding hydrogens is 260 g/mol. The molecule has 0 amide bonds. The molecule has 3 N–H and O–H groups in total. The lowest BCUT2D eigenvalue weighted by atomic mass is 10.2. The molecule has 0 saturated heterocycles. The maximum absolute atomic E-state index is 9.59. The minimum atomic E-state index is -0.201. The van der Waals surface area contributed by atoms with Gasteiger partial charge in [-0.05, 0) is 30.3 Å². The number of ether oxygens (including phenoxy) is 1. The lowest BCUT2D eigenvalue weighted by molar-refractivity contribution is 0.281. The van der Waals surface area contributed by atoms with Crippen molar-refractivity contribution in [2.75, 3.05) is 7.11 Å². The predicted octanol–water partition coefficient (Wildman–Crippen LogP) is 3.01. The predicted molar refractivity (Wildman–Crippen MR) is 72.9 cm³/mol. The van der Waals surface area contributed by atoms with Gasteiger partial charge in [-0.25, -0.2) is 0 Å². The first-order valence-corrected chi connectivity index (χ1v) is 5.85. The van der Waals surface area contributed by atoms with Gasteiger partial charge < -0.3 is 20.1 Å². The van der Waals surface area contributed by atoms with E-state index in [9.17, 15) is 15.3 Å². The quantitative estimate of drug-likeness (QED) is 0.747. The van der Waals surface area contributed by atoms with E-state index >= 15 is 0 Å². The molecule has 2 rings (SSSR count). The molecule has 2 aromatic carbocycles. The third-order valence-corrected chi connectivity index (χ3v) is 2.68. The Morgan fingerprint density at radius 1 is 1.00 bits per heavy atom. The third kappa shape index (κ3) is 3.04. The summed E-state index contributed by atoms with van der Waals surface area (Å²) in [6.45, 7) is -0.201. The molecule has 0 fully saturated rings. The van der Waals surface area contributed by atoms with Crippen LogP contribution in [0.4, 0.5) is 11.4 Å². The zero-order chi connectivity index (χ0) is 14.5. The molecule has 6 heteroatoms. The average molecular weight is 274 g/mol. The van der Waals surface area contributed by atoms with Gasteiger partial charge in [0.15, 0.2) is 0 Å². The Morgan fingerprint density at radius 3 is 2.35 bits per heavy atom. The molecule has 104 valence electrons. The second-order valence-corrected chi connectivity index (χ2v) is 4.03. The van der Waals surface area contributed by atoms with E-state index in [1.54, 1.807) is 18.2 Å². The molecule has 0 unspecified atom stereocenters. The molecule has 0 aliphatic carbocycles. The van der Waals surface area contributed by atoms with Crippen LogP contribution in [-0.2, 0) is 6.61 Å². The van der Waals surface area contributed by atoms with Gasteiger partial charge in [0.2, 0.25) is 0 Å². The summed E-state index contributed by atoms with van der Waals surface area (Å²) in [5, 5.41) is 35.9. The molecule has 0 aliphatic heterocycles. The zero-order valence-electron chi connectivity index (χ0n) is 10.8. The second kappa shape index (κ2) is 6.03. The first-order chi connectivity index (χ1) is 9.63. The van der Waals surface area contributed by atoms with Crippen LogP contribution < -0.4 is 4.74 Å². The Balaban J connectivity index is 2.31. The van der Waals surface area contributed by atoms with E-state index in [4.69, 9.17) is 4.74 Å². The number of hydrogen-bond acceptors (Lipinski definition) is 6. The van der Waals surface area contributed by atoms with Crippen LogP contribution in [0, 0.1) is 0 Å². The summed E-state index contributed by atoms with van der Waals surface area (Å²) < 4.78 is 5.06. The summed E-state index contributed by atoms with van der Waals surface area (Å²) in [5.41, 5.74) is 1.26. The Hall–Kier alpha value is -2.60. The lowest BCUT2D eigenvalue weighted by Gasteiger charge is -2.05. The number of aliphatic hydroxyl groups is 1. The summed E-state index contributed by atoms with van der Waals surface area (Å²) in [4.78, 5) is 0. The van der Waals surface area contributed by atoms with Crippen LogP contribution in [0.15, 0.2) is 46.6 Å². The van der Waals surface area contributed by atoms with Gasteiger partial charge in [0.05, 0.1) is 19.4 Å². The van der Waals surface area contributed by atoms with E-state index in [0.29, 0.717) is 17.0 Å². The smallest absolute Gasteiger partial charge is 0.146 e. The first-order valence-electron chi connectivity index (χ1n) is 5.85. The van der Waals surface area contributed by atoms with Crippen LogP contribution in [0.5, 0.6) is 17.2 Å². The molecule has 0 heterocycles. The highest BCUT2D eigenvalue weighted by molar-refractivity contribution is 5.55. The number of phenolic OH excluding ortho intramolecular Hbond substituents is 2. The number of methoxy groups -OCH3 is 1. The molecule has 2 aromatic rings. The molecule has 0 atom stereocenters. The van der Waals surface area contributed by atoms with Gasteiger partial charge in [-0.3, -0.25) is 0 Å². The molecule has 6 nitrogen and oxygen atoms in total. The van der Waals surface area contributed by atoms with E-state index in [1.807, 2.05) is 0 Å². The summed E-state index contributed by atoms with van der Waals surface area (Å²) in [5.74, 6) is 0.384. The van der Waals surface area contributed by atoms with Crippen LogP contribution in [-0.4, -0.2) is 22.4 Å². The molecule has 0 spiro atoms. The fourth-order valence-electron chi connectivity index (χ4n) is 1.62. The van der Waals surface area contributed by atoms with E-state index in [-0.39, 0.29) is 23.8 Å². The molecule has 0 radical (unpaired) electrons. The number of phenols is 2. The molecule has 0 aromatic heterocycles. The van der Waals surface area contributed by atoms with Crippen LogP contribution in [0.1, 0.15) is 5.56 Å². The molecule has 0 bridgehead atoms. The zero-order valence-corrected chi connectivity index (χ0v) is 10.8. The molecule has 0 saturated carbocycles. The van der Waals surface area contributed by atoms with E-state index in [2.05, 4.69) is 10.2 Å². The van der Waals surface area contributed by atoms with Crippen LogP contribution >= 0.6 is 0 Å². The number of benzene rings is 2. The summed E-state index contributed by atoms with van der Waals surface area (Å²) in [6, 6.07) is 9.03. The van der Waals surface area contributed by atoms with E-state index < -0.39 is 0 Å². The molecule has 0 aliphatic rings. The van der Waals surface area contributed by atoms with Gasteiger partial charge in [-0.2, -0.15) is 5.11 Å². The van der Waals surface area contributed by atoms with Crippen molar-refractivity contribution in [3.05, 3.63) is 42.0 Å². The van der Waals surface area contributed by atoms with Crippen molar-refractivity contribution in [2.45, 2.75) is 6.61 Å². The minimum absolute atomic E-state index is 0.0538. The summed E-state index contributed by atoms with van der Waals surface area (Å²) >= 11 is 0. The van der Waals surface area contributed by atoms with Crippen molar-refractivity contribution in [2.24, 2.45) is 10.2 Å². The fraction of sp³-hybridized carbons (Fsp3) is 0.143. The second-order valence-electron chi connectivity index (χ2n) is 4.03. The average Bonchev–Trinajstić information content (AvgIpc) is 2.46.